The number of carbonyl (C=O) groups is 7. The van der Waals surface area contributed by atoms with E-state index < -0.39 is 126 Å². The van der Waals surface area contributed by atoms with Crippen molar-refractivity contribution in [3.63, 3.8) is 0 Å². The first-order chi connectivity index (χ1) is 27.4. The third-order valence-electron chi connectivity index (χ3n) is 11.8. The highest BCUT2D eigenvalue weighted by molar-refractivity contribution is 5.91. The normalized spacial score (nSPS) is 35.4. The molecule has 17 heteroatoms. The SMILES string of the molecule is CC(=O)OC[C@]12[C@H](OC(C)=O)[C@H](OC(C)=O)[C@@H]3C(OC(C)=O)[C@@]14OC3(C)COC(=O)c1cccnc1CCC(C)C(=O)OC([C@H]4C)[C@H](O)[C@@H]2OC(=O)c1ccccc1. The molecule has 3 fully saturated rings. The zero-order chi connectivity index (χ0) is 42.3. The van der Waals surface area contributed by atoms with Crippen LogP contribution >= 0.6 is 0 Å². The highest BCUT2D eigenvalue weighted by Crippen LogP contribution is 2.69. The maximum absolute atomic E-state index is 14.2. The number of aliphatic hydroxyl groups excluding tert-OH is 1. The van der Waals surface area contributed by atoms with Crippen molar-refractivity contribution in [2.45, 2.75) is 109 Å². The summed E-state index contributed by atoms with van der Waals surface area (Å²) in [4.78, 5) is 98.9. The second kappa shape index (κ2) is 16.1. The van der Waals surface area contributed by atoms with Gasteiger partial charge in [0, 0.05) is 39.8 Å². The molecule has 2 aromatic rings. The highest BCUT2D eigenvalue weighted by Gasteiger charge is 2.87. The van der Waals surface area contributed by atoms with Gasteiger partial charge in [-0.25, -0.2) is 9.59 Å². The molecule has 12 atom stereocenters. The number of nitrogens with zero attached hydrogens (tertiary/aromatic N) is 1. The van der Waals surface area contributed by atoms with E-state index in [9.17, 15) is 38.7 Å². The molecule has 1 aromatic carbocycles. The number of cyclic esters (lactones) is 1. The second-order valence-electron chi connectivity index (χ2n) is 15.6. The smallest absolute Gasteiger partial charge is 0.340 e. The fraction of sp³-hybridized carbons (Fsp3) is 0.561. The minimum atomic E-state index is -2.34. The number of benzene rings is 1. The Hall–Kier alpha value is -5.42. The Morgan fingerprint density at radius 2 is 1.50 bits per heavy atom. The van der Waals surface area contributed by atoms with Crippen LogP contribution in [0.2, 0.25) is 0 Å². The average molecular weight is 810 g/mol. The summed E-state index contributed by atoms with van der Waals surface area (Å²) in [5.41, 5.74) is -6.00. The van der Waals surface area contributed by atoms with Crippen molar-refractivity contribution in [1.82, 2.24) is 4.98 Å². The number of ether oxygens (including phenoxy) is 8. The lowest BCUT2D eigenvalue weighted by molar-refractivity contribution is -0.347. The van der Waals surface area contributed by atoms with Crippen molar-refractivity contribution >= 4 is 41.8 Å². The molecule has 0 radical (unpaired) electrons. The Bertz CT molecular complexity index is 1970. The Balaban J connectivity index is 1.71. The molecule has 1 aromatic heterocycles. The number of aromatic nitrogens is 1. The van der Waals surface area contributed by atoms with Crippen LogP contribution in [0.3, 0.4) is 0 Å². The molecular formula is C41H47NO16. The van der Waals surface area contributed by atoms with Crippen LogP contribution in [0, 0.1) is 23.2 Å². The standard InChI is InChI=1S/C41H47NO16/c1-20-15-16-28-27(14-11-17-42-28)38(50)52-18-39(7)29-32(53-23(4)44)35(55-25(6)46)40(19-51-22(3)43)34(57-37(49)26-12-9-8-10-13-26)30(47)31(56-36(20)48)21(2)41(40,58-39)33(29)54-24(5)45/h8-14,17,20-21,29-35,47H,15-16,18-19H2,1-7H3/t20?,21-,29-,30+,31?,32-,33?,34+,35-,39?,40+,41-/m1/s1. The summed E-state index contributed by atoms with van der Waals surface area (Å²) in [7, 11) is 0. The Kier molecular flexibility index (Phi) is 11.7. The minimum absolute atomic E-state index is 0.00799. The summed E-state index contributed by atoms with van der Waals surface area (Å²) in [5, 5.41) is 12.6. The second-order valence-corrected chi connectivity index (χ2v) is 15.6. The van der Waals surface area contributed by atoms with Crippen LogP contribution in [0.25, 0.3) is 0 Å². The fourth-order valence-corrected chi connectivity index (χ4v) is 9.44. The summed E-state index contributed by atoms with van der Waals surface area (Å²) in [6.45, 7) is 7.43. The maximum Gasteiger partial charge on any atom is 0.340 e. The van der Waals surface area contributed by atoms with Crippen molar-refractivity contribution in [3.8, 4) is 0 Å². The maximum atomic E-state index is 14.2. The molecule has 2 aliphatic carbocycles. The van der Waals surface area contributed by atoms with Crippen LogP contribution in [0.5, 0.6) is 0 Å². The van der Waals surface area contributed by atoms with Crippen LogP contribution < -0.4 is 0 Å². The van der Waals surface area contributed by atoms with Gasteiger partial charge in [0.2, 0.25) is 0 Å². The molecule has 1 spiro atoms. The topological polar surface area (TPSA) is 226 Å². The van der Waals surface area contributed by atoms with Crippen molar-refractivity contribution in [1.29, 1.82) is 0 Å². The average Bonchev–Trinajstić information content (AvgIpc) is 3.38. The quantitative estimate of drug-likeness (QED) is 0.313. The van der Waals surface area contributed by atoms with Crippen LogP contribution in [0.15, 0.2) is 48.7 Å². The van der Waals surface area contributed by atoms with E-state index in [0.29, 0.717) is 5.69 Å². The van der Waals surface area contributed by atoms with E-state index >= 15 is 0 Å². The van der Waals surface area contributed by atoms with E-state index in [0.717, 1.165) is 27.7 Å². The van der Waals surface area contributed by atoms with Gasteiger partial charge in [0.05, 0.1) is 28.7 Å². The van der Waals surface area contributed by atoms with E-state index in [1.54, 1.807) is 25.1 Å². The largest absolute Gasteiger partial charge is 0.465 e. The van der Waals surface area contributed by atoms with Gasteiger partial charge in [-0.1, -0.05) is 32.0 Å². The van der Waals surface area contributed by atoms with Gasteiger partial charge in [0.1, 0.15) is 60.4 Å². The van der Waals surface area contributed by atoms with Gasteiger partial charge in [-0.2, -0.15) is 0 Å². The van der Waals surface area contributed by atoms with E-state index in [-0.39, 0.29) is 24.0 Å². The highest BCUT2D eigenvalue weighted by atomic mass is 16.7. The van der Waals surface area contributed by atoms with Gasteiger partial charge in [-0.05, 0) is 44.0 Å². The Morgan fingerprint density at radius 1 is 0.845 bits per heavy atom. The first kappa shape index (κ1) is 42.2. The third-order valence-corrected chi connectivity index (χ3v) is 11.8. The molecule has 4 bridgehead atoms. The summed E-state index contributed by atoms with van der Waals surface area (Å²) in [6, 6.07) is 10.7. The van der Waals surface area contributed by atoms with Crippen molar-refractivity contribution in [2.75, 3.05) is 13.2 Å². The van der Waals surface area contributed by atoms with Gasteiger partial charge < -0.3 is 43.0 Å². The van der Waals surface area contributed by atoms with Gasteiger partial charge in [0.15, 0.2) is 6.10 Å². The molecule has 3 heterocycles. The first-order valence-electron chi connectivity index (χ1n) is 19.0. The molecule has 2 saturated carbocycles. The number of hydrogen-bond acceptors (Lipinski definition) is 17. The van der Waals surface area contributed by atoms with Crippen molar-refractivity contribution < 1.29 is 76.6 Å². The van der Waals surface area contributed by atoms with Crippen molar-refractivity contribution in [3.05, 3.63) is 65.5 Å². The van der Waals surface area contributed by atoms with Crippen LogP contribution in [-0.2, 0) is 68.3 Å². The lowest BCUT2D eigenvalue weighted by Gasteiger charge is -2.65. The molecule has 0 amide bonds. The van der Waals surface area contributed by atoms with E-state index in [1.807, 2.05) is 0 Å². The van der Waals surface area contributed by atoms with Crippen LogP contribution in [0.1, 0.15) is 81.3 Å². The van der Waals surface area contributed by atoms with Crippen LogP contribution in [0.4, 0.5) is 0 Å². The number of hydrogen-bond donors (Lipinski definition) is 1. The number of rotatable bonds is 7. The zero-order valence-electron chi connectivity index (χ0n) is 33.2. The Morgan fingerprint density at radius 3 is 2.14 bits per heavy atom. The lowest BCUT2D eigenvalue weighted by Crippen LogP contribution is -2.83. The minimum Gasteiger partial charge on any atom is -0.465 e. The molecule has 6 rings (SSSR count). The predicted octanol–water partition coefficient (Wildman–Crippen LogP) is 2.47. The van der Waals surface area contributed by atoms with E-state index in [2.05, 4.69) is 4.98 Å². The van der Waals surface area contributed by atoms with Crippen LogP contribution in [-0.4, -0.2) is 113 Å². The number of aryl methyl sites for hydroxylation is 1. The summed E-state index contributed by atoms with van der Waals surface area (Å²) < 4.78 is 49.5. The monoisotopic (exact) mass is 809 g/mol. The third kappa shape index (κ3) is 7.18. The van der Waals surface area contributed by atoms with E-state index in [4.69, 9.17) is 37.9 Å². The van der Waals surface area contributed by atoms with Gasteiger partial charge in [0.25, 0.3) is 0 Å². The number of aliphatic hydroxyl groups is 1. The summed E-state index contributed by atoms with van der Waals surface area (Å²) in [5.74, 6) is -9.75. The number of esters is 7. The molecule has 17 nitrogen and oxygen atoms in total. The summed E-state index contributed by atoms with van der Waals surface area (Å²) in [6.07, 6.45) is -8.94. The van der Waals surface area contributed by atoms with Gasteiger partial charge in [-0.15, -0.1) is 0 Å². The first-order valence-corrected chi connectivity index (χ1v) is 19.0. The molecule has 2 aliphatic heterocycles. The van der Waals surface area contributed by atoms with Gasteiger partial charge in [-0.3, -0.25) is 29.0 Å². The van der Waals surface area contributed by atoms with Crippen molar-refractivity contribution in [2.24, 2.45) is 23.2 Å². The fourth-order valence-electron chi connectivity index (χ4n) is 9.44. The summed E-state index contributed by atoms with van der Waals surface area (Å²) >= 11 is 0. The molecular weight excluding hydrogens is 762 g/mol. The molecule has 4 aliphatic rings. The molecule has 4 unspecified atom stereocenters. The zero-order valence-corrected chi connectivity index (χ0v) is 33.2. The lowest BCUT2D eigenvalue weighted by atomic mass is 9.46. The van der Waals surface area contributed by atoms with E-state index in [1.165, 1.54) is 44.3 Å². The molecule has 1 N–H and O–H groups in total. The predicted molar refractivity (Wildman–Crippen MR) is 194 cm³/mol. The molecule has 1 saturated heterocycles. The number of carbonyl (C=O) groups excluding carboxylic acids is 7. The molecule has 58 heavy (non-hydrogen) atoms. The Labute approximate surface area is 333 Å². The molecule has 312 valence electrons. The van der Waals surface area contributed by atoms with Gasteiger partial charge >= 0.3 is 41.8 Å². The number of fused-ring (bicyclic) bond motifs is 5. The number of pyridine rings is 1.